The highest BCUT2D eigenvalue weighted by Crippen LogP contribution is 2.23. The summed E-state index contributed by atoms with van der Waals surface area (Å²) in [6.45, 7) is 23.1. The molecule has 0 rings (SSSR count). The van der Waals surface area contributed by atoms with Crippen LogP contribution in [0.2, 0.25) is 58.9 Å². The van der Waals surface area contributed by atoms with Crippen molar-refractivity contribution in [1.82, 2.24) is 4.23 Å². The molecule has 0 aromatic heterocycles. The summed E-state index contributed by atoms with van der Waals surface area (Å²) in [4.78, 5) is 0. The average Bonchev–Trinajstić information content (AvgIpc) is 1.96. The lowest BCUT2D eigenvalue weighted by Gasteiger charge is -2.43. The van der Waals surface area contributed by atoms with E-state index in [1.807, 2.05) is 0 Å². The van der Waals surface area contributed by atoms with E-state index in [1.54, 1.807) is 0 Å². The van der Waals surface area contributed by atoms with Crippen molar-refractivity contribution in [3.8, 4) is 0 Å². The number of halogens is 1. The highest BCUT2D eigenvalue weighted by Gasteiger charge is 2.33. The van der Waals surface area contributed by atoms with Crippen LogP contribution in [0.1, 0.15) is 0 Å². The van der Waals surface area contributed by atoms with Crippen LogP contribution in [0, 0.1) is 0 Å². The van der Waals surface area contributed by atoms with Gasteiger partial charge in [0.2, 0.25) is 0 Å². The maximum Gasteiger partial charge on any atom is 0.112 e. The second kappa shape index (κ2) is 5.86. The first-order valence-electron chi connectivity index (χ1n) is 6.40. The van der Waals surface area contributed by atoms with Gasteiger partial charge in [-0.05, 0) is 4.11 Å². The fourth-order valence-corrected chi connectivity index (χ4v) is 12.2. The molecule has 0 aliphatic carbocycles. The monoisotopic (exact) mass is 351 g/mol. The van der Waals surface area contributed by atoms with Crippen LogP contribution in [0.4, 0.5) is 0 Å². The minimum absolute atomic E-state index is 1.14. The summed E-state index contributed by atoms with van der Waals surface area (Å²) < 4.78 is 4.29. The predicted octanol–water partition coefficient (Wildman–Crippen LogP) is 5.11. The third kappa shape index (κ3) is 6.52. The fraction of sp³-hybridized carbons (Fsp3) is 0.833. The molecule has 0 atom stereocenters. The number of hydrogen-bond acceptors (Lipinski definition) is 1. The van der Waals surface area contributed by atoms with Crippen LogP contribution in [-0.2, 0) is 0 Å². The van der Waals surface area contributed by atoms with Crippen LogP contribution >= 0.6 is 15.9 Å². The van der Waals surface area contributed by atoms with Gasteiger partial charge in [0.25, 0.3) is 0 Å². The zero-order valence-corrected chi connectivity index (χ0v) is 17.7. The van der Waals surface area contributed by atoms with Gasteiger partial charge in [-0.2, -0.15) is 0 Å². The Morgan fingerprint density at radius 2 is 1.24 bits per heavy atom. The second-order valence-electron chi connectivity index (χ2n) is 7.75. The molecule has 0 saturated carbocycles. The Morgan fingerprint density at radius 3 is 1.47 bits per heavy atom. The molecular weight excluding hydrogens is 322 g/mol. The van der Waals surface area contributed by atoms with Crippen LogP contribution < -0.4 is 0 Å². The quantitative estimate of drug-likeness (QED) is 0.621. The molecule has 0 saturated heterocycles. The van der Waals surface area contributed by atoms with Crippen molar-refractivity contribution in [2.75, 3.05) is 6.54 Å². The second-order valence-corrected chi connectivity index (χ2v) is 24.6. The van der Waals surface area contributed by atoms with E-state index in [2.05, 4.69) is 85.2 Å². The zero-order chi connectivity index (χ0) is 14.1. The largest absolute Gasteiger partial charge is 0.342 e. The third-order valence-electron chi connectivity index (χ3n) is 2.79. The average molecular weight is 353 g/mol. The number of nitrogens with zero attached hydrogens (tertiary/aromatic N) is 1. The maximum absolute atomic E-state index is 3.79. The summed E-state index contributed by atoms with van der Waals surface area (Å²) in [7, 11) is -3.57. The summed E-state index contributed by atoms with van der Waals surface area (Å²) in [6, 6.07) is 0. The van der Waals surface area contributed by atoms with E-state index in [9.17, 15) is 0 Å². The Kier molecular flexibility index (Phi) is 6.15. The summed E-state index contributed by atoms with van der Waals surface area (Å²) in [6.07, 6.45) is 2.43. The van der Waals surface area contributed by atoms with Gasteiger partial charge in [-0.3, -0.25) is 0 Å². The number of rotatable bonds is 5. The van der Waals surface area contributed by atoms with Crippen molar-refractivity contribution in [1.29, 1.82) is 0 Å². The van der Waals surface area contributed by atoms with Gasteiger partial charge in [-0.1, -0.05) is 80.9 Å². The van der Waals surface area contributed by atoms with Crippen molar-refractivity contribution in [2.24, 2.45) is 0 Å². The van der Waals surface area contributed by atoms with Gasteiger partial charge in [0.1, 0.15) is 16.5 Å². The molecule has 0 aliphatic heterocycles. The molecule has 0 amide bonds. The lowest BCUT2D eigenvalue weighted by atomic mass is 10.7. The smallest absolute Gasteiger partial charge is 0.112 e. The van der Waals surface area contributed by atoms with E-state index < -0.39 is 24.5 Å². The molecule has 0 aromatic rings. The predicted molar refractivity (Wildman–Crippen MR) is 93.8 cm³/mol. The first-order valence-corrected chi connectivity index (χ1v) is 17.6. The first kappa shape index (κ1) is 17.8. The minimum atomic E-state index is -1.20. The topological polar surface area (TPSA) is 3.24 Å². The third-order valence-corrected chi connectivity index (χ3v) is 15.9. The van der Waals surface area contributed by atoms with Gasteiger partial charge >= 0.3 is 0 Å². The molecule has 0 spiro atoms. The van der Waals surface area contributed by atoms with Gasteiger partial charge in [0.15, 0.2) is 0 Å². The fourth-order valence-electron chi connectivity index (χ4n) is 2.03. The van der Waals surface area contributed by atoms with Gasteiger partial charge in [-0.25, -0.2) is 0 Å². The summed E-state index contributed by atoms with van der Waals surface area (Å²) in [5, 5.41) is 0. The summed E-state index contributed by atoms with van der Waals surface area (Å²) in [5.41, 5.74) is 0. The minimum Gasteiger partial charge on any atom is -0.342 e. The molecule has 102 valence electrons. The highest BCUT2D eigenvalue weighted by atomic mass is 79.9. The molecule has 0 N–H and O–H groups in total. The van der Waals surface area contributed by atoms with E-state index in [1.165, 1.54) is 4.11 Å². The molecule has 5 heteroatoms. The standard InChI is InChI=1S/C12H30BrNSi3/c1-15(2,3)12(13)10-11-14(16(4,5)6)17(7,8)9/h10H,11H2,1-9H3/b12-10-. The van der Waals surface area contributed by atoms with Crippen molar-refractivity contribution < 1.29 is 0 Å². The molecule has 1 nitrogen and oxygen atoms in total. The van der Waals surface area contributed by atoms with Crippen molar-refractivity contribution in [2.45, 2.75) is 58.9 Å². The Hall–Kier alpha value is 0.831. The highest BCUT2D eigenvalue weighted by molar-refractivity contribution is 9.12. The first-order chi connectivity index (χ1) is 7.26. The molecule has 0 fully saturated rings. The van der Waals surface area contributed by atoms with E-state index in [4.69, 9.17) is 0 Å². The van der Waals surface area contributed by atoms with E-state index in [0.29, 0.717) is 0 Å². The Bertz CT molecular complexity index is 268. The van der Waals surface area contributed by atoms with Crippen LogP contribution in [-0.4, -0.2) is 35.3 Å². The Balaban J connectivity index is 4.94. The van der Waals surface area contributed by atoms with Crippen LogP contribution in [0.3, 0.4) is 0 Å². The normalized spacial score (nSPS) is 15.6. The van der Waals surface area contributed by atoms with Gasteiger partial charge < -0.3 is 4.23 Å². The van der Waals surface area contributed by atoms with Gasteiger partial charge in [0.05, 0.1) is 8.07 Å². The van der Waals surface area contributed by atoms with Crippen molar-refractivity contribution >= 4 is 40.5 Å². The molecule has 17 heavy (non-hydrogen) atoms. The van der Waals surface area contributed by atoms with E-state index in [-0.39, 0.29) is 0 Å². The Morgan fingerprint density at radius 1 is 0.882 bits per heavy atom. The van der Waals surface area contributed by atoms with E-state index >= 15 is 0 Å². The van der Waals surface area contributed by atoms with Crippen LogP contribution in [0.15, 0.2) is 10.2 Å². The lowest BCUT2D eigenvalue weighted by Crippen LogP contribution is -2.59. The molecular formula is C12H30BrNSi3. The summed E-state index contributed by atoms with van der Waals surface area (Å²) >= 11 is 3.79. The van der Waals surface area contributed by atoms with Crippen LogP contribution in [0.25, 0.3) is 0 Å². The van der Waals surface area contributed by atoms with Crippen molar-refractivity contribution in [3.05, 3.63) is 10.2 Å². The van der Waals surface area contributed by atoms with Crippen molar-refractivity contribution in [3.63, 3.8) is 0 Å². The zero-order valence-electron chi connectivity index (χ0n) is 13.1. The molecule has 0 aromatic carbocycles. The molecule has 0 radical (unpaired) electrons. The molecule has 0 bridgehead atoms. The Labute approximate surface area is 120 Å². The maximum atomic E-state index is 3.79. The van der Waals surface area contributed by atoms with Gasteiger partial charge in [0, 0.05) is 6.54 Å². The SMILES string of the molecule is C[Si](C)(C)/C(Br)=C\CN([Si](C)(C)C)[Si](C)(C)C. The van der Waals surface area contributed by atoms with Crippen LogP contribution in [0.5, 0.6) is 0 Å². The summed E-state index contributed by atoms with van der Waals surface area (Å²) in [5.74, 6) is 0. The number of hydrogen-bond donors (Lipinski definition) is 0. The molecule has 0 unspecified atom stereocenters. The molecule has 0 aliphatic rings. The molecule has 0 heterocycles. The van der Waals surface area contributed by atoms with Gasteiger partial charge in [-0.15, -0.1) is 0 Å². The lowest BCUT2D eigenvalue weighted by molar-refractivity contribution is 0.687. The van der Waals surface area contributed by atoms with E-state index in [0.717, 1.165) is 6.54 Å².